The van der Waals surface area contributed by atoms with Gasteiger partial charge in [-0.1, -0.05) is 6.07 Å². The van der Waals surface area contributed by atoms with Gasteiger partial charge in [-0.15, -0.1) is 11.3 Å². The molecule has 0 saturated heterocycles. The first-order chi connectivity index (χ1) is 9.21. The van der Waals surface area contributed by atoms with E-state index >= 15 is 0 Å². The molecule has 0 spiro atoms. The van der Waals surface area contributed by atoms with E-state index < -0.39 is 0 Å². The van der Waals surface area contributed by atoms with E-state index in [0.29, 0.717) is 29.5 Å². The largest absolute Gasteiger partial charge is 0.496 e. The summed E-state index contributed by atoms with van der Waals surface area (Å²) < 4.78 is 24.2. The molecule has 0 aliphatic rings. The average molecular weight is 282 g/mol. The summed E-state index contributed by atoms with van der Waals surface area (Å²) in [5, 5.41) is 0.558. The minimum Gasteiger partial charge on any atom is -0.496 e. The van der Waals surface area contributed by atoms with Crippen molar-refractivity contribution < 1.29 is 13.9 Å². The van der Waals surface area contributed by atoms with Crippen molar-refractivity contribution in [2.45, 2.75) is 13.2 Å². The molecule has 2 aromatic rings. The molecule has 1 aromatic heterocycles. The molecular formula is C13H15FN2O2S. The molecule has 0 unspecified atom stereocenters. The van der Waals surface area contributed by atoms with Crippen LogP contribution in [0.3, 0.4) is 0 Å². The average Bonchev–Trinajstić information content (AvgIpc) is 2.81. The normalized spacial score (nSPS) is 10.7. The summed E-state index contributed by atoms with van der Waals surface area (Å²) in [6, 6.07) is 4.69. The summed E-state index contributed by atoms with van der Waals surface area (Å²) in [5.74, 6) is 0.0990. The highest BCUT2D eigenvalue weighted by Crippen LogP contribution is 2.36. The number of halogens is 1. The third-order valence-electron chi connectivity index (χ3n) is 2.65. The molecule has 0 saturated carbocycles. The maximum Gasteiger partial charge on any atom is 0.137 e. The van der Waals surface area contributed by atoms with Gasteiger partial charge in [0.25, 0.3) is 0 Å². The highest BCUT2D eigenvalue weighted by atomic mass is 32.1. The Balaban J connectivity index is 2.53. The SMILES string of the molecule is COCc1nc(-c2c(F)cccc2OC)sc1CN. The zero-order chi connectivity index (χ0) is 13.8. The van der Waals surface area contributed by atoms with Crippen LogP contribution in [0.4, 0.5) is 4.39 Å². The second kappa shape index (κ2) is 6.10. The van der Waals surface area contributed by atoms with Gasteiger partial charge in [0, 0.05) is 18.5 Å². The van der Waals surface area contributed by atoms with Crippen molar-refractivity contribution in [3.05, 3.63) is 34.6 Å². The van der Waals surface area contributed by atoms with Gasteiger partial charge in [0.15, 0.2) is 0 Å². The van der Waals surface area contributed by atoms with Gasteiger partial charge in [-0.2, -0.15) is 0 Å². The number of hydrogen-bond acceptors (Lipinski definition) is 5. The first-order valence-electron chi connectivity index (χ1n) is 5.71. The van der Waals surface area contributed by atoms with E-state index in [1.165, 1.54) is 24.5 Å². The summed E-state index contributed by atoms with van der Waals surface area (Å²) in [6.07, 6.45) is 0. The van der Waals surface area contributed by atoms with Gasteiger partial charge >= 0.3 is 0 Å². The van der Waals surface area contributed by atoms with Crippen LogP contribution in [0.1, 0.15) is 10.6 Å². The van der Waals surface area contributed by atoms with Crippen molar-refractivity contribution in [2.75, 3.05) is 14.2 Å². The molecule has 0 bridgehead atoms. The third-order valence-corrected chi connectivity index (χ3v) is 3.79. The first kappa shape index (κ1) is 13.9. The van der Waals surface area contributed by atoms with Gasteiger partial charge < -0.3 is 15.2 Å². The molecule has 19 heavy (non-hydrogen) atoms. The molecule has 2 N–H and O–H groups in total. The van der Waals surface area contributed by atoms with Gasteiger partial charge in [-0.3, -0.25) is 0 Å². The van der Waals surface area contributed by atoms with E-state index in [9.17, 15) is 4.39 Å². The van der Waals surface area contributed by atoms with Crippen molar-refractivity contribution in [3.63, 3.8) is 0 Å². The number of aromatic nitrogens is 1. The van der Waals surface area contributed by atoms with Gasteiger partial charge in [-0.25, -0.2) is 9.37 Å². The predicted molar refractivity (Wildman–Crippen MR) is 72.7 cm³/mol. The van der Waals surface area contributed by atoms with Crippen LogP contribution in [0, 0.1) is 5.82 Å². The highest BCUT2D eigenvalue weighted by Gasteiger charge is 2.18. The minimum atomic E-state index is -0.361. The number of nitrogens with two attached hydrogens (primary N) is 1. The smallest absolute Gasteiger partial charge is 0.137 e. The lowest BCUT2D eigenvalue weighted by Crippen LogP contribution is -1.99. The monoisotopic (exact) mass is 282 g/mol. The number of hydrogen-bond donors (Lipinski definition) is 1. The van der Waals surface area contributed by atoms with Crippen LogP contribution in [0.15, 0.2) is 18.2 Å². The maximum atomic E-state index is 14.0. The van der Waals surface area contributed by atoms with E-state index in [2.05, 4.69) is 4.98 Å². The third kappa shape index (κ3) is 2.75. The molecule has 0 aliphatic carbocycles. The van der Waals surface area contributed by atoms with Crippen LogP contribution >= 0.6 is 11.3 Å². The molecule has 6 heteroatoms. The molecule has 0 radical (unpaired) electrons. The van der Waals surface area contributed by atoms with Crippen molar-refractivity contribution in [3.8, 4) is 16.3 Å². The second-order valence-electron chi connectivity index (χ2n) is 3.84. The highest BCUT2D eigenvalue weighted by molar-refractivity contribution is 7.15. The van der Waals surface area contributed by atoms with Crippen molar-refractivity contribution >= 4 is 11.3 Å². The van der Waals surface area contributed by atoms with Crippen molar-refractivity contribution in [1.82, 2.24) is 4.98 Å². The molecular weight excluding hydrogens is 267 g/mol. The standard InChI is InChI=1S/C13H15FN2O2S/c1-17-7-9-11(6-15)19-13(16-9)12-8(14)4-3-5-10(12)18-2/h3-5H,6-7,15H2,1-2H3. The molecule has 1 aromatic carbocycles. The first-order valence-corrected chi connectivity index (χ1v) is 6.53. The Kier molecular flexibility index (Phi) is 4.47. The van der Waals surface area contributed by atoms with Gasteiger partial charge in [-0.05, 0) is 12.1 Å². The van der Waals surface area contributed by atoms with Gasteiger partial charge in [0.1, 0.15) is 16.6 Å². The lowest BCUT2D eigenvalue weighted by molar-refractivity contribution is 0.181. The molecule has 1 heterocycles. The molecule has 2 rings (SSSR count). The predicted octanol–water partition coefficient (Wildman–Crippen LogP) is 2.56. The molecule has 4 nitrogen and oxygen atoms in total. The zero-order valence-electron chi connectivity index (χ0n) is 10.8. The summed E-state index contributed by atoms with van der Waals surface area (Å²) in [5.41, 5.74) is 6.78. The summed E-state index contributed by atoms with van der Waals surface area (Å²) in [6.45, 7) is 0.715. The summed E-state index contributed by atoms with van der Waals surface area (Å²) in [7, 11) is 3.09. The van der Waals surface area contributed by atoms with E-state index in [-0.39, 0.29) is 5.82 Å². The Morgan fingerprint density at radius 1 is 1.37 bits per heavy atom. The molecule has 0 atom stereocenters. The topological polar surface area (TPSA) is 57.4 Å². The van der Waals surface area contributed by atoms with E-state index in [1.54, 1.807) is 19.2 Å². The lowest BCUT2D eigenvalue weighted by atomic mass is 10.2. The number of methoxy groups -OCH3 is 2. The fourth-order valence-corrected chi connectivity index (χ4v) is 2.78. The van der Waals surface area contributed by atoms with E-state index in [4.69, 9.17) is 15.2 Å². The van der Waals surface area contributed by atoms with Crippen LogP contribution in [-0.4, -0.2) is 19.2 Å². The Bertz CT molecular complexity index is 572. The Morgan fingerprint density at radius 2 is 2.16 bits per heavy atom. The van der Waals surface area contributed by atoms with Gasteiger partial charge in [0.05, 0.1) is 25.0 Å². The van der Waals surface area contributed by atoms with Crippen LogP contribution in [0.5, 0.6) is 5.75 Å². The Labute approximate surface area is 115 Å². The zero-order valence-corrected chi connectivity index (χ0v) is 11.6. The number of rotatable bonds is 5. The van der Waals surface area contributed by atoms with Crippen molar-refractivity contribution in [1.29, 1.82) is 0 Å². The molecule has 0 fully saturated rings. The Hall–Kier alpha value is -1.50. The fraction of sp³-hybridized carbons (Fsp3) is 0.308. The fourth-order valence-electron chi connectivity index (χ4n) is 1.78. The number of thiazole rings is 1. The Morgan fingerprint density at radius 3 is 2.79 bits per heavy atom. The van der Waals surface area contributed by atoms with Crippen LogP contribution in [0.2, 0.25) is 0 Å². The summed E-state index contributed by atoms with van der Waals surface area (Å²) in [4.78, 5) is 5.29. The molecule has 102 valence electrons. The quantitative estimate of drug-likeness (QED) is 0.915. The number of ether oxygens (including phenoxy) is 2. The lowest BCUT2D eigenvalue weighted by Gasteiger charge is -2.06. The van der Waals surface area contributed by atoms with Crippen LogP contribution in [-0.2, 0) is 17.9 Å². The van der Waals surface area contributed by atoms with E-state index in [0.717, 1.165) is 10.6 Å². The van der Waals surface area contributed by atoms with Crippen LogP contribution < -0.4 is 10.5 Å². The van der Waals surface area contributed by atoms with Gasteiger partial charge in [0.2, 0.25) is 0 Å². The van der Waals surface area contributed by atoms with Crippen LogP contribution in [0.25, 0.3) is 10.6 Å². The molecule has 0 amide bonds. The second-order valence-corrected chi connectivity index (χ2v) is 4.93. The molecule has 0 aliphatic heterocycles. The minimum absolute atomic E-state index is 0.354. The van der Waals surface area contributed by atoms with Crippen molar-refractivity contribution in [2.24, 2.45) is 5.73 Å². The number of nitrogens with zero attached hydrogens (tertiary/aromatic N) is 1. The maximum absolute atomic E-state index is 14.0. The summed E-state index contributed by atoms with van der Waals surface area (Å²) >= 11 is 1.36. The van der Waals surface area contributed by atoms with E-state index in [1.807, 2.05) is 0 Å². The number of benzene rings is 1.